The van der Waals surface area contributed by atoms with E-state index in [1.165, 1.54) is 0 Å². The maximum atomic E-state index is 5.34. The fraction of sp³-hybridized carbons (Fsp3) is 0.333. The van der Waals surface area contributed by atoms with Gasteiger partial charge in [-0.15, -0.1) is 5.10 Å². The Labute approximate surface area is 99.4 Å². The van der Waals surface area contributed by atoms with Crippen LogP contribution in [0.1, 0.15) is 0 Å². The number of ether oxygens (including phenoxy) is 1. The van der Waals surface area contributed by atoms with Crippen LogP contribution >= 0.6 is 0 Å². The standard InChI is InChI=1S/C12H14N4O/c1-2-4-10(5-3-1)11-12(14-15-13-11)16-6-8-17-9-7-16/h1-5H,6-9H2,(H,13,14,15). The normalized spacial score (nSPS) is 16.1. The molecule has 1 aromatic heterocycles. The number of hydrogen-bond acceptors (Lipinski definition) is 4. The van der Waals surface area contributed by atoms with E-state index in [0.717, 1.165) is 43.4 Å². The number of morpholine rings is 1. The number of aromatic nitrogens is 3. The maximum Gasteiger partial charge on any atom is 0.179 e. The molecule has 1 aliphatic rings. The number of nitrogens with zero attached hydrogens (tertiary/aromatic N) is 3. The Bertz CT molecular complexity index is 476. The van der Waals surface area contributed by atoms with E-state index in [4.69, 9.17) is 4.74 Å². The van der Waals surface area contributed by atoms with E-state index in [-0.39, 0.29) is 0 Å². The fourth-order valence-electron chi connectivity index (χ4n) is 2.01. The van der Waals surface area contributed by atoms with Gasteiger partial charge < -0.3 is 9.64 Å². The molecular formula is C12H14N4O. The third-order valence-corrected chi connectivity index (χ3v) is 2.89. The van der Waals surface area contributed by atoms with Gasteiger partial charge in [-0.2, -0.15) is 10.3 Å². The van der Waals surface area contributed by atoms with Crippen molar-refractivity contribution in [3.05, 3.63) is 30.3 Å². The molecule has 0 unspecified atom stereocenters. The molecule has 1 aromatic carbocycles. The van der Waals surface area contributed by atoms with Crippen LogP contribution < -0.4 is 4.90 Å². The highest BCUT2D eigenvalue weighted by Crippen LogP contribution is 2.26. The third kappa shape index (κ3) is 2.01. The van der Waals surface area contributed by atoms with Crippen molar-refractivity contribution in [2.75, 3.05) is 31.2 Å². The SMILES string of the molecule is c1ccc(-c2n[nH]nc2N2CCOCC2)cc1. The minimum Gasteiger partial charge on any atom is -0.378 e. The Kier molecular flexibility index (Phi) is 2.75. The highest BCUT2D eigenvalue weighted by Gasteiger charge is 2.19. The third-order valence-electron chi connectivity index (χ3n) is 2.89. The van der Waals surface area contributed by atoms with E-state index < -0.39 is 0 Å². The lowest BCUT2D eigenvalue weighted by molar-refractivity contribution is 0.122. The Morgan fingerprint density at radius 1 is 1.06 bits per heavy atom. The zero-order valence-corrected chi connectivity index (χ0v) is 9.47. The van der Waals surface area contributed by atoms with E-state index in [1.807, 2.05) is 30.3 Å². The lowest BCUT2D eigenvalue weighted by Crippen LogP contribution is -2.36. The molecule has 1 fully saturated rings. The van der Waals surface area contributed by atoms with E-state index in [9.17, 15) is 0 Å². The molecule has 0 aliphatic carbocycles. The van der Waals surface area contributed by atoms with Crippen LogP contribution in [0, 0.1) is 0 Å². The van der Waals surface area contributed by atoms with Crippen LogP contribution in [0.4, 0.5) is 5.82 Å². The summed E-state index contributed by atoms with van der Waals surface area (Å²) >= 11 is 0. The van der Waals surface area contributed by atoms with Crippen LogP contribution in [-0.4, -0.2) is 41.7 Å². The predicted octanol–water partition coefficient (Wildman–Crippen LogP) is 1.31. The van der Waals surface area contributed by atoms with Crippen molar-refractivity contribution < 1.29 is 4.74 Å². The van der Waals surface area contributed by atoms with Crippen molar-refractivity contribution in [1.82, 2.24) is 15.4 Å². The van der Waals surface area contributed by atoms with Crippen molar-refractivity contribution in [3.63, 3.8) is 0 Å². The molecule has 1 N–H and O–H groups in total. The number of nitrogens with one attached hydrogen (secondary N) is 1. The summed E-state index contributed by atoms with van der Waals surface area (Å²) in [6.07, 6.45) is 0. The highest BCUT2D eigenvalue weighted by atomic mass is 16.5. The van der Waals surface area contributed by atoms with Crippen molar-refractivity contribution >= 4 is 5.82 Å². The maximum absolute atomic E-state index is 5.34. The molecule has 0 radical (unpaired) electrons. The van der Waals surface area contributed by atoms with E-state index in [2.05, 4.69) is 20.3 Å². The number of aromatic amines is 1. The van der Waals surface area contributed by atoms with Crippen LogP contribution in [0.5, 0.6) is 0 Å². The van der Waals surface area contributed by atoms with E-state index in [1.54, 1.807) is 0 Å². The van der Waals surface area contributed by atoms with Gasteiger partial charge in [0.2, 0.25) is 0 Å². The van der Waals surface area contributed by atoms with E-state index in [0.29, 0.717) is 0 Å². The van der Waals surface area contributed by atoms with Crippen LogP contribution in [-0.2, 0) is 4.74 Å². The molecule has 0 atom stereocenters. The topological polar surface area (TPSA) is 54.0 Å². The average Bonchev–Trinajstić information content (AvgIpc) is 2.90. The van der Waals surface area contributed by atoms with Gasteiger partial charge in [-0.1, -0.05) is 30.3 Å². The van der Waals surface area contributed by atoms with Crippen molar-refractivity contribution in [2.45, 2.75) is 0 Å². The van der Waals surface area contributed by atoms with Crippen LogP contribution in [0.25, 0.3) is 11.3 Å². The molecule has 0 amide bonds. The number of hydrogen-bond donors (Lipinski definition) is 1. The van der Waals surface area contributed by atoms with Gasteiger partial charge in [0.15, 0.2) is 5.82 Å². The van der Waals surface area contributed by atoms with Gasteiger partial charge in [0.1, 0.15) is 5.69 Å². The molecule has 5 nitrogen and oxygen atoms in total. The summed E-state index contributed by atoms with van der Waals surface area (Å²) in [6, 6.07) is 10.1. The van der Waals surface area contributed by atoms with Crippen molar-refractivity contribution in [3.8, 4) is 11.3 Å². The zero-order valence-electron chi connectivity index (χ0n) is 9.47. The first-order chi connectivity index (χ1) is 8.45. The lowest BCUT2D eigenvalue weighted by atomic mass is 10.1. The molecule has 17 heavy (non-hydrogen) atoms. The Balaban J connectivity index is 1.93. The summed E-state index contributed by atoms with van der Waals surface area (Å²) < 4.78 is 5.34. The van der Waals surface area contributed by atoms with Gasteiger partial charge in [0.05, 0.1) is 13.2 Å². The highest BCUT2D eigenvalue weighted by molar-refractivity contribution is 5.71. The van der Waals surface area contributed by atoms with Crippen molar-refractivity contribution in [2.24, 2.45) is 0 Å². The van der Waals surface area contributed by atoms with Gasteiger partial charge in [0, 0.05) is 18.7 Å². The number of H-pyrrole nitrogens is 1. The second-order valence-electron chi connectivity index (χ2n) is 3.96. The second kappa shape index (κ2) is 4.55. The van der Waals surface area contributed by atoms with Crippen LogP contribution in [0.15, 0.2) is 30.3 Å². The molecule has 5 heteroatoms. The van der Waals surface area contributed by atoms with Gasteiger partial charge in [-0.3, -0.25) is 0 Å². The minimum atomic E-state index is 0.751. The van der Waals surface area contributed by atoms with Gasteiger partial charge in [-0.05, 0) is 0 Å². The Morgan fingerprint density at radius 3 is 2.59 bits per heavy atom. The van der Waals surface area contributed by atoms with Gasteiger partial charge >= 0.3 is 0 Å². The smallest absolute Gasteiger partial charge is 0.179 e. The predicted molar refractivity (Wildman–Crippen MR) is 64.9 cm³/mol. The number of rotatable bonds is 2. The molecule has 3 rings (SSSR count). The molecule has 2 aromatic rings. The summed E-state index contributed by atoms with van der Waals surface area (Å²) in [7, 11) is 0. The number of benzene rings is 1. The van der Waals surface area contributed by atoms with Crippen molar-refractivity contribution in [1.29, 1.82) is 0 Å². The molecule has 2 heterocycles. The van der Waals surface area contributed by atoms with Crippen LogP contribution in [0.3, 0.4) is 0 Å². The molecule has 1 saturated heterocycles. The van der Waals surface area contributed by atoms with Crippen LogP contribution in [0.2, 0.25) is 0 Å². The number of anilines is 1. The lowest BCUT2D eigenvalue weighted by Gasteiger charge is -2.27. The average molecular weight is 230 g/mol. The Hall–Kier alpha value is -1.88. The second-order valence-corrected chi connectivity index (χ2v) is 3.96. The molecule has 1 aliphatic heterocycles. The van der Waals surface area contributed by atoms with Gasteiger partial charge in [0.25, 0.3) is 0 Å². The summed E-state index contributed by atoms with van der Waals surface area (Å²) in [5.74, 6) is 0.916. The first kappa shape index (κ1) is 10.3. The monoisotopic (exact) mass is 230 g/mol. The summed E-state index contributed by atoms with van der Waals surface area (Å²) in [4.78, 5) is 2.20. The molecule has 0 spiro atoms. The quantitative estimate of drug-likeness (QED) is 0.845. The molecule has 0 saturated carbocycles. The largest absolute Gasteiger partial charge is 0.378 e. The molecule has 88 valence electrons. The summed E-state index contributed by atoms with van der Waals surface area (Å²) in [5.41, 5.74) is 2.00. The minimum absolute atomic E-state index is 0.751. The summed E-state index contributed by atoms with van der Waals surface area (Å²) in [5, 5.41) is 11.2. The molecule has 0 bridgehead atoms. The first-order valence-electron chi connectivity index (χ1n) is 5.74. The first-order valence-corrected chi connectivity index (χ1v) is 5.74. The summed E-state index contributed by atoms with van der Waals surface area (Å²) in [6.45, 7) is 3.24. The fourth-order valence-corrected chi connectivity index (χ4v) is 2.01. The Morgan fingerprint density at radius 2 is 1.82 bits per heavy atom. The van der Waals surface area contributed by atoms with Gasteiger partial charge in [-0.25, -0.2) is 0 Å². The molecular weight excluding hydrogens is 216 g/mol. The zero-order chi connectivity index (χ0) is 11.5. The van der Waals surface area contributed by atoms with E-state index >= 15 is 0 Å².